The molecule has 1 aromatic heterocycles. The molecule has 1 aliphatic carbocycles. The van der Waals surface area contributed by atoms with Crippen LogP contribution in [0.3, 0.4) is 0 Å². The Morgan fingerprint density at radius 2 is 2.09 bits per heavy atom. The SMILES string of the molecule is Fc1c(C#CC2CCC2)ccc2c1cnn2C1CCCCO1. The van der Waals surface area contributed by atoms with Crippen LogP contribution in [0, 0.1) is 23.6 Å². The number of fused-ring (bicyclic) bond motifs is 1. The number of halogens is 1. The van der Waals surface area contributed by atoms with Crippen molar-refractivity contribution in [2.24, 2.45) is 5.92 Å². The van der Waals surface area contributed by atoms with Crippen LogP contribution in [0.15, 0.2) is 18.3 Å². The molecule has 1 aromatic carbocycles. The van der Waals surface area contributed by atoms with Gasteiger partial charge >= 0.3 is 0 Å². The average Bonchev–Trinajstić information content (AvgIpc) is 2.93. The molecule has 1 saturated heterocycles. The van der Waals surface area contributed by atoms with Gasteiger partial charge in [-0.1, -0.05) is 18.3 Å². The summed E-state index contributed by atoms with van der Waals surface area (Å²) in [7, 11) is 0. The molecule has 2 aromatic rings. The van der Waals surface area contributed by atoms with E-state index in [1.165, 1.54) is 6.42 Å². The molecule has 1 aliphatic heterocycles. The Labute approximate surface area is 129 Å². The number of aromatic nitrogens is 2. The van der Waals surface area contributed by atoms with E-state index >= 15 is 0 Å². The van der Waals surface area contributed by atoms with Crippen LogP contribution in [-0.2, 0) is 4.74 Å². The van der Waals surface area contributed by atoms with Gasteiger partial charge < -0.3 is 4.74 Å². The maximum Gasteiger partial charge on any atom is 0.150 e. The van der Waals surface area contributed by atoms with Crippen molar-refractivity contribution in [2.45, 2.75) is 44.8 Å². The molecule has 0 radical (unpaired) electrons. The van der Waals surface area contributed by atoms with E-state index in [2.05, 4.69) is 16.9 Å². The largest absolute Gasteiger partial charge is 0.356 e. The number of nitrogens with zero attached hydrogens (tertiary/aromatic N) is 2. The lowest BCUT2D eigenvalue weighted by atomic mass is 9.86. The van der Waals surface area contributed by atoms with Crippen LogP contribution in [0.2, 0.25) is 0 Å². The average molecular weight is 298 g/mol. The lowest BCUT2D eigenvalue weighted by Gasteiger charge is -2.23. The second-order valence-electron chi connectivity index (χ2n) is 6.17. The first-order chi connectivity index (χ1) is 10.8. The van der Waals surface area contributed by atoms with Crippen LogP contribution in [0.1, 0.15) is 50.3 Å². The number of benzene rings is 1. The van der Waals surface area contributed by atoms with E-state index < -0.39 is 0 Å². The minimum atomic E-state index is -0.258. The van der Waals surface area contributed by atoms with Gasteiger partial charge in [-0.2, -0.15) is 5.10 Å². The third kappa shape index (κ3) is 2.40. The molecular formula is C18H19FN2O. The third-order valence-electron chi connectivity index (χ3n) is 4.66. The van der Waals surface area contributed by atoms with Crippen LogP contribution in [0.4, 0.5) is 4.39 Å². The first kappa shape index (κ1) is 13.8. The zero-order valence-electron chi connectivity index (χ0n) is 12.5. The predicted molar refractivity (Wildman–Crippen MR) is 82.8 cm³/mol. The molecule has 3 nitrogen and oxygen atoms in total. The quantitative estimate of drug-likeness (QED) is 0.743. The van der Waals surface area contributed by atoms with Crippen molar-refractivity contribution in [3.63, 3.8) is 0 Å². The predicted octanol–water partition coefficient (Wildman–Crippen LogP) is 4.03. The van der Waals surface area contributed by atoms with Crippen molar-refractivity contribution in [3.05, 3.63) is 29.7 Å². The van der Waals surface area contributed by atoms with Gasteiger partial charge in [-0.05, 0) is 44.2 Å². The lowest BCUT2D eigenvalue weighted by molar-refractivity contribution is -0.0366. The van der Waals surface area contributed by atoms with Crippen molar-refractivity contribution in [3.8, 4) is 11.8 Å². The Kier molecular flexibility index (Phi) is 3.59. The molecule has 22 heavy (non-hydrogen) atoms. The van der Waals surface area contributed by atoms with Crippen LogP contribution in [0.5, 0.6) is 0 Å². The minimum Gasteiger partial charge on any atom is -0.356 e. The van der Waals surface area contributed by atoms with Gasteiger partial charge in [0.15, 0.2) is 6.23 Å². The topological polar surface area (TPSA) is 27.1 Å². The summed E-state index contributed by atoms with van der Waals surface area (Å²) in [6.07, 6.45) is 8.21. The van der Waals surface area contributed by atoms with Crippen molar-refractivity contribution < 1.29 is 9.13 Å². The highest BCUT2D eigenvalue weighted by Gasteiger charge is 2.20. The summed E-state index contributed by atoms with van der Waals surface area (Å²) in [6.45, 7) is 0.749. The second-order valence-corrected chi connectivity index (χ2v) is 6.17. The highest BCUT2D eigenvalue weighted by molar-refractivity contribution is 5.81. The molecule has 2 aliphatic rings. The molecule has 0 spiro atoms. The van der Waals surface area contributed by atoms with E-state index in [1.54, 1.807) is 16.9 Å². The number of ether oxygens (including phenoxy) is 1. The van der Waals surface area contributed by atoms with Gasteiger partial charge in [-0.3, -0.25) is 0 Å². The van der Waals surface area contributed by atoms with Gasteiger partial charge in [-0.25, -0.2) is 9.07 Å². The van der Waals surface area contributed by atoms with Crippen LogP contribution >= 0.6 is 0 Å². The molecule has 2 fully saturated rings. The lowest BCUT2D eigenvalue weighted by Crippen LogP contribution is -2.18. The van der Waals surface area contributed by atoms with Gasteiger partial charge in [0.25, 0.3) is 0 Å². The molecule has 1 saturated carbocycles. The Morgan fingerprint density at radius 1 is 1.18 bits per heavy atom. The number of rotatable bonds is 1. The smallest absolute Gasteiger partial charge is 0.150 e. The minimum absolute atomic E-state index is 0.0717. The van der Waals surface area contributed by atoms with Crippen LogP contribution < -0.4 is 0 Å². The normalized spacial score (nSPS) is 22.1. The van der Waals surface area contributed by atoms with Crippen molar-refractivity contribution in [1.82, 2.24) is 9.78 Å². The van der Waals surface area contributed by atoms with Crippen molar-refractivity contribution in [1.29, 1.82) is 0 Å². The van der Waals surface area contributed by atoms with E-state index in [0.717, 1.165) is 44.2 Å². The third-order valence-corrected chi connectivity index (χ3v) is 4.66. The van der Waals surface area contributed by atoms with E-state index in [-0.39, 0.29) is 12.0 Å². The summed E-state index contributed by atoms with van der Waals surface area (Å²) in [5, 5.41) is 4.88. The molecule has 0 amide bonds. The molecule has 1 atom stereocenters. The first-order valence-corrected chi connectivity index (χ1v) is 8.12. The van der Waals surface area contributed by atoms with Crippen LogP contribution in [0.25, 0.3) is 10.9 Å². The zero-order valence-corrected chi connectivity index (χ0v) is 12.5. The maximum atomic E-state index is 14.6. The highest BCUT2D eigenvalue weighted by atomic mass is 19.1. The molecule has 114 valence electrons. The molecule has 2 heterocycles. The second kappa shape index (κ2) is 5.73. The Morgan fingerprint density at radius 3 is 2.82 bits per heavy atom. The molecule has 0 bridgehead atoms. The van der Waals surface area contributed by atoms with E-state index in [4.69, 9.17) is 4.74 Å². The molecule has 0 N–H and O–H groups in total. The van der Waals surface area contributed by atoms with E-state index in [0.29, 0.717) is 16.9 Å². The fourth-order valence-corrected chi connectivity index (χ4v) is 3.06. The number of hydrogen-bond donors (Lipinski definition) is 0. The Bertz CT molecular complexity index is 746. The van der Waals surface area contributed by atoms with Gasteiger partial charge in [-0.15, -0.1) is 0 Å². The van der Waals surface area contributed by atoms with Crippen molar-refractivity contribution in [2.75, 3.05) is 6.61 Å². The fraction of sp³-hybridized carbons (Fsp3) is 0.500. The standard InChI is InChI=1S/C18H19FN2O/c19-18-14(8-7-13-4-3-5-13)9-10-16-15(18)12-20-21(16)17-6-1-2-11-22-17/h9-10,12-13,17H,1-6,11H2. The molecular weight excluding hydrogens is 279 g/mol. The number of hydrogen-bond acceptors (Lipinski definition) is 2. The first-order valence-electron chi connectivity index (χ1n) is 8.12. The van der Waals surface area contributed by atoms with Gasteiger partial charge in [0.1, 0.15) is 5.82 Å². The summed E-state index contributed by atoms with van der Waals surface area (Å²) in [4.78, 5) is 0. The maximum absolute atomic E-state index is 14.6. The Hall–Kier alpha value is -1.86. The van der Waals surface area contributed by atoms with Gasteiger partial charge in [0.05, 0.1) is 22.7 Å². The van der Waals surface area contributed by atoms with E-state index in [1.807, 2.05) is 6.07 Å². The Balaban J connectivity index is 1.68. The van der Waals surface area contributed by atoms with Crippen molar-refractivity contribution >= 4 is 10.9 Å². The molecule has 1 unspecified atom stereocenters. The van der Waals surface area contributed by atoms with E-state index in [9.17, 15) is 4.39 Å². The molecule has 4 heteroatoms. The summed E-state index contributed by atoms with van der Waals surface area (Å²) < 4.78 is 22.2. The van der Waals surface area contributed by atoms with Gasteiger partial charge in [0, 0.05) is 12.5 Å². The summed E-state index contributed by atoms with van der Waals surface area (Å²) in [6, 6.07) is 3.68. The monoisotopic (exact) mass is 298 g/mol. The van der Waals surface area contributed by atoms with Crippen LogP contribution in [-0.4, -0.2) is 16.4 Å². The summed E-state index contributed by atoms with van der Waals surface area (Å²) in [5.41, 5.74) is 1.27. The molecule has 4 rings (SSSR count). The van der Waals surface area contributed by atoms with Gasteiger partial charge in [0.2, 0.25) is 0 Å². The summed E-state index contributed by atoms with van der Waals surface area (Å²) >= 11 is 0. The highest BCUT2D eigenvalue weighted by Crippen LogP contribution is 2.29. The summed E-state index contributed by atoms with van der Waals surface area (Å²) in [5.74, 6) is 6.37. The zero-order chi connectivity index (χ0) is 14.9. The fourth-order valence-electron chi connectivity index (χ4n) is 3.06.